The van der Waals surface area contributed by atoms with Gasteiger partial charge in [0.1, 0.15) is 5.82 Å². The van der Waals surface area contributed by atoms with Crippen LogP contribution in [0.15, 0.2) is 24.3 Å². The zero-order valence-electron chi connectivity index (χ0n) is 13.4. The average molecular weight is 304 g/mol. The smallest absolute Gasteiger partial charge is 0.229 e. The van der Waals surface area contributed by atoms with Crippen LogP contribution in [0.1, 0.15) is 32.6 Å². The number of carbonyl (C=O) groups is 1. The van der Waals surface area contributed by atoms with E-state index in [1.165, 1.54) is 25.0 Å². The summed E-state index contributed by atoms with van der Waals surface area (Å²) in [5.41, 5.74) is 0.811. The van der Waals surface area contributed by atoms with Crippen LogP contribution in [0.25, 0.3) is 0 Å². The van der Waals surface area contributed by atoms with Crippen LogP contribution in [-0.2, 0) is 4.79 Å². The molecule has 2 fully saturated rings. The van der Waals surface area contributed by atoms with Crippen molar-refractivity contribution in [1.29, 1.82) is 0 Å². The van der Waals surface area contributed by atoms with Crippen molar-refractivity contribution in [3.05, 3.63) is 30.1 Å². The van der Waals surface area contributed by atoms with Gasteiger partial charge in [-0.25, -0.2) is 4.39 Å². The quantitative estimate of drug-likeness (QED) is 0.906. The number of anilines is 1. The second kappa shape index (κ2) is 5.99. The maximum Gasteiger partial charge on any atom is 0.229 e. The first kappa shape index (κ1) is 15.5. The van der Waals surface area contributed by atoms with Gasteiger partial charge in [-0.2, -0.15) is 0 Å². The second-order valence-corrected chi connectivity index (χ2v) is 7.29. The predicted octanol–water partition coefficient (Wildman–Crippen LogP) is 3.52. The van der Waals surface area contributed by atoms with Crippen molar-refractivity contribution >= 4 is 11.6 Å². The maximum atomic E-state index is 13.0. The van der Waals surface area contributed by atoms with Gasteiger partial charge < -0.3 is 10.2 Å². The summed E-state index contributed by atoms with van der Waals surface area (Å²) in [5.74, 6) is 0.620. The Morgan fingerprint density at radius 3 is 2.55 bits per heavy atom. The van der Waals surface area contributed by atoms with Crippen molar-refractivity contribution in [1.82, 2.24) is 4.90 Å². The average Bonchev–Trinajstić information content (AvgIpc) is 2.82. The van der Waals surface area contributed by atoms with Crippen LogP contribution in [0, 0.1) is 23.1 Å². The molecule has 3 nitrogen and oxygen atoms in total. The van der Waals surface area contributed by atoms with E-state index in [0.29, 0.717) is 5.69 Å². The third kappa shape index (κ3) is 3.02. The Kier molecular flexibility index (Phi) is 4.22. The molecule has 0 aromatic heterocycles. The Morgan fingerprint density at radius 1 is 1.27 bits per heavy atom. The number of hydrogen-bond acceptors (Lipinski definition) is 2. The predicted molar refractivity (Wildman–Crippen MR) is 86.1 cm³/mol. The van der Waals surface area contributed by atoms with Crippen molar-refractivity contribution in [2.45, 2.75) is 32.6 Å². The highest BCUT2D eigenvalue weighted by Gasteiger charge is 2.49. The molecule has 0 bridgehead atoms. The van der Waals surface area contributed by atoms with Crippen LogP contribution in [-0.4, -0.2) is 30.9 Å². The third-order valence-electron chi connectivity index (χ3n) is 5.52. The molecule has 1 aliphatic heterocycles. The highest BCUT2D eigenvalue weighted by molar-refractivity contribution is 5.93. The number of nitrogens with zero attached hydrogens (tertiary/aromatic N) is 1. The molecule has 1 spiro atoms. The van der Waals surface area contributed by atoms with Crippen LogP contribution in [0.4, 0.5) is 10.1 Å². The lowest BCUT2D eigenvalue weighted by molar-refractivity contribution is -0.123. The fourth-order valence-electron chi connectivity index (χ4n) is 4.18. The number of nitrogens with one attached hydrogen (secondary N) is 1. The van der Waals surface area contributed by atoms with Gasteiger partial charge in [0, 0.05) is 18.8 Å². The molecule has 22 heavy (non-hydrogen) atoms. The van der Waals surface area contributed by atoms with E-state index in [0.717, 1.165) is 31.8 Å². The summed E-state index contributed by atoms with van der Waals surface area (Å²) in [5, 5.41) is 2.98. The van der Waals surface area contributed by atoms with E-state index in [-0.39, 0.29) is 23.1 Å². The van der Waals surface area contributed by atoms with Gasteiger partial charge in [-0.05, 0) is 55.5 Å². The summed E-state index contributed by atoms with van der Waals surface area (Å²) in [6.07, 6.45) is 4.71. The summed E-state index contributed by atoms with van der Waals surface area (Å²) in [7, 11) is 2.10. The third-order valence-corrected chi connectivity index (χ3v) is 5.52. The molecule has 0 radical (unpaired) electrons. The maximum absolute atomic E-state index is 13.0. The highest BCUT2D eigenvalue weighted by atomic mass is 19.1. The lowest BCUT2D eigenvalue weighted by Gasteiger charge is -2.39. The summed E-state index contributed by atoms with van der Waals surface area (Å²) >= 11 is 0. The Balaban J connectivity index is 1.73. The van der Waals surface area contributed by atoms with Gasteiger partial charge in [0.25, 0.3) is 0 Å². The molecule has 4 heteroatoms. The van der Waals surface area contributed by atoms with E-state index >= 15 is 0 Å². The number of carbonyl (C=O) groups excluding carboxylic acids is 1. The van der Waals surface area contributed by atoms with Crippen LogP contribution in [0.5, 0.6) is 0 Å². The van der Waals surface area contributed by atoms with Gasteiger partial charge in [-0.3, -0.25) is 4.79 Å². The minimum atomic E-state index is -0.281. The Labute approximate surface area is 131 Å². The number of hydrogen-bond donors (Lipinski definition) is 1. The van der Waals surface area contributed by atoms with E-state index in [2.05, 4.69) is 24.2 Å². The molecule has 1 heterocycles. The van der Waals surface area contributed by atoms with E-state index in [1.54, 1.807) is 12.1 Å². The Hall–Kier alpha value is -1.42. The van der Waals surface area contributed by atoms with Crippen molar-refractivity contribution in [2.75, 3.05) is 25.5 Å². The molecule has 2 aliphatic rings. The fourth-order valence-corrected chi connectivity index (χ4v) is 4.18. The van der Waals surface area contributed by atoms with E-state index in [9.17, 15) is 9.18 Å². The van der Waals surface area contributed by atoms with E-state index in [1.807, 2.05) is 0 Å². The molecule has 1 aromatic rings. The van der Waals surface area contributed by atoms with Crippen molar-refractivity contribution in [2.24, 2.45) is 17.3 Å². The van der Waals surface area contributed by atoms with Gasteiger partial charge in [0.2, 0.25) is 5.91 Å². The normalized spacial score (nSPS) is 32.3. The molecule has 120 valence electrons. The number of likely N-dealkylation sites (tertiary alicyclic amines) is 1. The van der Waals surface area contributed by atoms with Crippen LogP contribution in [0.3, 0.4) is 0 Å². The zero-order valence-corrected chi connectivity index (χ0v) is 13.4. The molecule has 1 atom stereocenters. The lowest BCUT2D eigenvalue weighted by atomic mass is 9.65. The SMILES string of the molecule is CC1CCC2(CC1)CN(C)CC2C(=O)Nc1ccc(F)cc1. The van der Waals surface area contributed by atoms with Crippen molar-refractivity contribution in [3.8, 4) is 0 Å². The monoisotopic (exact) mass is 304 g/mol. The summed E-state index contributed by atoms with van der Waals surface area (Å²) in [6.45, 7) is 4.14. The molecular formula is C18H25FN2O. The largest absolute Gasteiger partial charge is 0.326 e. The van der Waals surface area contributed by atoms with Gasteiger partial charge in [0.15, 0.2) is 0 Å². The highest BCUT2D eigenvalue weighted by Crippen LogP contribution is 2.48. The van der Waals surface area contributed by atoms with Crippen LogP contribution in [0.2, 0.25) is 0 Å². The van der Waals surface area contributed by atoms with Crippen molar-refractivity contribution < 1.29 is 9.18 Å². The van der Waals surface area contributed by atoms with Gasteiger partial charge in [-0.1, -0.05) is 19.8 Å². The van der Waals surface area contributed by atoms with E-state index in [4.69, 9.17) is 0 Å². The number of rotatable bonds is 2. The van der Waals surface area contributed by atoms with Gasteiger partial charge in [0.05, 0.1) is 5.92 Å². The molecular weight excluding hydrogens is 279 g/mol. The van der Waals surface area contributed by atoms with Crippen LogP contribution >= 0.6 is 0 Å². The van der Waals surface area contributed by atoms with Crippen LogP contribution < -0.4 is 5.32 Å². The molecule has 1 aliphatic carbocycles. The molecule has 3 rings (SSSR count). The second-order valence-electron chi connectivity index (χ2n) is 7.29. The summed E-state index contributed by atoms with van der Waals surface area (Å²) in [4.78, 5) is 15.1. The molecule has 1 saturated heterocycles. The molecule has 1 N–H and O–H groups in total. The summed E-state index contributed by atoms with van der Waals surface area (Å²) in [6, 6.07) is 6.02. The Bertz CT molecular complexity index is 535. The number of halogens is 1. The van der Waals surface area contributed by atoms with Gasteiger partial charge in [-0.15, -0.1) is 0 Å². The molecule has 1 amide bonds. The van der Waals surface area contributed by atoms with E-state index < -0.39 is 0 Å². The molecule has 1 saturated carbocycles. The molecule has 1 aromatic carbocycles. The zero-order chi connectivity index (χ0) is 15.7. The minimum absolute atomic E-state index is 0.0371. The topological polar surface area (TPSA) is 32.3 Å². The van der Waals surface area contributed by atoms with Crippen molar-refractivity contribution in [3.63, 3.8) is 0 Å². The first-order valence-corrected chi connectivity index (χ1v) is 8.23. The Morgan fingerprint density at radius 2 is 1.91 bits per heavy atom. The minimum Gasteiger partial charge on any atom is -0.326 e. The first-order chi connectivity index (χ1) is 10.5. The fraction of sp³-hybridized carbons (Fsp3) is 0.611. The number of amides is 1. The van der Waals surface area contributed by atoms with Gasteiger partial charge >= 0.3 is 0 Å². The summed E-state index contributed by atoms with van der Waals surface area (Å²) < 4.78 is 13.0. The first-order valence-electron chi connectivity index (χ1n) is 8.23. The number of benzene rings is 1. The lowest BCUT2D eigenvalue weighted by Crippen LogP contribution is -2.40. The molecule has 1 unspecified atom stereocenters. The standard InChI is InChI=1S/C18H25FN2O/c1-13-7-9-18(10-8-13)12-21(2)11-16(18)17(22)20-15-5-3-14(19)4-6-15/h3-6,13,16H,7-12H2,1-2H3,(H,20,22).